The van der Waals surface area contributed by atoms with E-state index in [0.29, 0.717) is 29.5 Å². The lowest BCUT2D eigenvalue weighted by molar-refractivity contribution is 0.0926. The Bertz CT molecular complexity index is 415. The number of nitrogens with two attached hydrogens (primary N) is 1. The largest absolute Gasteiger partial charge is 0.491 e. The van der Waals surface area contributed by atoms with Gasteiger partial charge in [0.05, 0.1) is 6.04 Å². The lowest BCUT2D eigenvalue weighted by Crippen LogP contribution is -2.40. The number of fused-ring (bicyclic) bond motifs is 1. The van der Waals surface area contributed by atoms with E-state index in [-0.39, 0.29) is 11.9 Å². The topological polar surface area (TPSA) is 64.3 Å². The van der Waals surface area contributed by atoms with Crippen LogP contribution in [0.15, 0.2) is 18.2 Å². The number of benzene rings is 1. The van der Waals surface area contributed by atoms with Gasteiger partial charge in [-0.3, -0.25) is 4.79 Å². The molecule has 1 amide bonds. The molecular weight excluding hydrogens is 204 g/mol. The highest BCUT2D eigenvalue weighted by atomic mass is 16.5. The number of hydrogen-bond donors (Lipinski definition) is 2. The van der Waals surface area contributed by atoms with Crippen LogP contribution in [0.2, 0.25) is 0 Å². The van der Waals surface area contributed by atoms with E-state index in [1.54, 1.807) is 18.2 Å². The molecular formula is C12H16N2O2. The summed E-state index contributed by atoms with van der Waals surface area (Å²) in [6.45, 7) is 4.58. The van der Waals surface area contributed by atoms with Crippen LogP contribution in [0.5, 0.6) is 5.75 Å². The molecule has 0 saturated heterocycles. The number of rotatable bonds is 1. The van der Waals surface area contributed by atoms with Crippen molar-refractivity contribution in [3.05, 3.63) is 23.8 Å². The second-order valence-electron chi connectivity index (χ2n) is 4.36. The lowest BCUT2D eigenvalue weighted by Gasteiger charge is -2.18. The molecule has 0 aliphatic carbocycles. The van der Waals surface area contributed by atoms with Gasteiger partial charge in [0.2, 0.25) is 0 Å². The molecule has 0 radical (unpaired) electrons. The summed E-state index contributed by atoms with van der Waals surface area (Å²) in [5.41, 5.74) is 6.69. The molecule has 1 aromatic carbocycles. The first-order chi connectivity index (χ1) is 7.59. The lowest BCUT2D eigenvalue weighted by atomic mass is 10.1. The van der Waals surface area contributed by atoms with E-state index in [4.69, 9.17) is 10.5 Å². The Kier molecular flexibility index (Phi) is 2.73. The maximum absolute atomic E-state index is 12.0. The number of carbonyl (C=O) groups excluding carboxylic acids is 1. The van der Waals surface area contributed by atoms with E-state index in [0.717, 1.165) is 0 Å². The van der Waals surface area contributed by atoms with Gasteiger partial charge in [-0.25, -0.2) is 0 Å². The van der Waals surface area contributed by atoms with Crippen LogP contribution in [0, 0.1) is 5.92 Å². The maximum atomic E-state index is 12.0. The number of nitrogens with one attached hydrogen (secondary N) is 1. The summed E-state index contributed by atoms with van der Waals surface area (Å²) in [7, 11) is 0. The van der Waals surface area contributed by atoms with Crippen molar-refractivity contribution in [3.8, 4) is 5.75 Å². The summed E-state index contributed by atoms with van der Waals surface area (Å²) in [5.74, 6) is 0.754. The molecule has 2 rings (SSSR count). The minimum atomic E-state index is -0.149. The quantitative estimate of drug-likeness (QED) is 0.703. The van der Waals surface area contributed by atoms with Crippen molar-refractivity contribution >= 4 is 11.6 Å². The molecule has 16 heavy (non-hydrogen) atoms. The van der Waals surface area contributed by atoms with Crippen molar-refractivity contribution in [1.82, 2.24) is 5.32 Å². The van der Waals surface area contributed by atoms with Crippen LogP contribution in [-0.2, 0) is 0 Å². The fourth-order valence-electron chi connectivity index (χ4n) is 1.73. The van der Waals surface area contributed by atoms with Gasteiger partial charge in [-0.2, -0.15) is 0 Å². The van der Waals surface area contributed by atoms with E-state index in [1.807, 2.05) is 13.8 Å². The first kappa shape index (κ1) is 10.8. The average Bonchev–Trinajstić information content (AvgIpc) is 2.39. The van der Waals surface area contributed by atoms with Gasteiger partial charge in [-0.1, -0.05) is 19.9 Å². The second-order valence-corrected chi connectivity index (χ2v) is 4.36. The Hall–Kier alpha value is -1.71. The summed E-state index contributed by atoms with van der Waals surface area (Å²) in [6, 6.07) is 5.29. The highest BCUT2D eigenvalue weighted by Gasteiger charge is 2.25. The Morgan fingerprint density at radius 2 is 2.25 bits per heavy atom. The molecule has 1 aromatic rings. The van der Waals surface area contributed by atoms with E-state index in [1.165, 1.54) is 0 Å². The van der Waals surface area contributed by atoms with Crippen LogP contribution in [0.3, 0.4) is 0 Å². The molecule has 0 saturated carbocycles. The Morgan fingerprint density at radius 1 is 1.50 bits per heavy atom. The molecule has 1 aliphatic heterocycles. The van der Waals surface area contributed by atoms with Crippen molar-refractivity contribution in [2.75, 3.05) is 12.3 Å². The van der Waals surface area contributed by atoms with Crippen molar-refractivity contribution in [3.63, 3.8) is 0 Å². The predicted molar refractivity (Wildman–Crippen MR) is 62.4 cm³/mol. The van der Waals surface area contributed by atoms with Gasteiger partial charge in [-0.15, -0.1) is 0 Å². The molecule has 86 valence electrons. The Balaban J connectivity index is 2.36. The minimum Gasteiger partial charge on any atom is -0.491 e. The van der Waals surface area contributed by atoms with Crippen LogP contribution in [0.1, 0.15) is 24.2 Å². The molecule has 4 nitrogen and oxygen atoms in total. The first-order valence-electron chi connectivity index (χ1n) is 5.41. The van der Waals surface area contributed by atoms with Gasteiger partial charge >= 0.3 is 0 Å². The first-order valence-corrected chi connectivity index (χ1v) is 5.41. The zero-order valence-corrected chi connectivity index (χ0v) is 9.49. The van der Waals surface area contributed by atoms with E-state index in [9.17, 15) is 4.79 Å². The third-order valence-corrected chi connectivity index (χ3v) is 2.83. The van der Waals surface area contributed by atoms with Crippen LogP contribution in [0.25, 0.3) is 0 Å². The Labute approximate surface area is 94.8 Å². The van der Waals surface area contributed by atoms with Gasteiger partial charge in [0.1, 0.15) is 17.9 Å². The predicted octanol–water partition coefficient (Wildman–Crippen LogP) is 1.42. The number of ether oxygens (including phenoxy) is 1. The van der Waals surface area contributed by atoms with Gasteiger partial charge in [0, 0.05) is 5.69 Å². The molecule has 1 heterocycles. The fourth-order valence-corrected chi connectivity index (χ4v) is 1.73. The number of hydrogen-bond acceptors (Lipinski definition) is 3. The molecule has 3 N–H and O–H groups in total. The summed E-state index contributed by atoms with van der Waals surface area (Å²) < 4.78 is 5.61. The number of carbonyl (C=O) groups is 1. The highest BCUT2D eigenvalue weighted by Crippen LogP contribution is 2.27. The SMILES string of the molecule is CC(C)C1COc2cccc(N)c2C(=O)N1. The minimum absolute atomic E-state index is 0.0271. The molecule has 0 spiro atoms. The molecule has 1 aliphatic rings. The summed E-state index contributed by atoms with van der Waals surface area (Å²) in [4.78, 5) is 12.0. The van der Waals surface area contributed by atoms with Crippen LogP contribution in [-0.4, -0.2) is 18.6 Å². The normalized spacial score (nSPS) is 19.7. The van der Waals surface area contributed by atoms with E-state index >= 15 is 0 Å². The number of anilines is 1. The standard InChI is InChI=1S/C12H16N2O2/c1-7(2)9-6-16-10-5-3-4-8(13)11(10)12(15)14-9/h3-5,7,9H,6,13H2,1-2H3,(H,14,15). The Morgan fingerprint density at radius 3 is 2.94 bits per heavy atom. The van der Waals surface area contributed by atoms with E-state index in [2.05, 4.69) is 5.32 Å². The third kappa shape index (κ3) is 1.83. The van der Waals surface area contributed by atoms with Crippen LogP contribution < -0.4 is 15.8 Å². The smallest absolute Gasteiger partial charge is 0.257 e. The molecule has 0 aromatic heterocycles. The monoisotopic (exact) mass is 220 g/mol. The maximum Gasteiger partial charge on any atom is 0.257 e. The van der Waals surface area contributed by atoms with Crippen LogP contribution in [0.4, 0.5) is 5.69 Å². The van der Waals surface area contributed by atoms with E-state index < -0.39 is 0 Å². The molecule has 1 atom stereocenters. The highest BCUT2D eigenvalue weighted by molar-refractivity contribution is 6.02. The van der Waals surface area contributed by atoms with Gasteiger partial charge < -0.3 is 15.8 Å². The van der Waals surface area contributed by atoms with Crippen molar-refractivity contribution in [2.24, 2.45) is 5.92 Å². The molecule has 0 bridgehead atoms. The zero-order valence-electron chi connectivity index (χ0n) is 9.49. The van der Waals surface area contributed by atoms with Crippen molar-refractivity contribution in [1.29, 1.82) is 0 Å². The van der Waals surface area contributed by atoms with Crippen LogP contribution >= 0.6 is 0 Å². The molecule has 1 unspecified atom stereocenters. The molecule has 4 heteroatoms. The van der Waals surface area contributed by atoms with Crippen molar-refractivity contribution in [2.45, 2.75) is 19.9 Å². The number of nitrogen functional groups attached to an aromatic ring is 1. The van der Waals surface area contributed by atoms with Gasteiger partial charge in [0.25, 0.3) is 5.91 Å². The summed E-state index contributed by atoms with van der Waals surface area (Å²) in [5, 5.41) is 2.93. The zero-order chi connectivity index (χ0) is 11.7. The average molecular weight is 220 g/mol. The second kappa shape index (κ2) is 4.04. The third-order valence-electron chi connectivity index (χ3n) is 2.83. The fraction of sp³-hybridized carbons (Fsp3) is 0.417. The van der Waals surface area contributed by atoms with Gasteiger partial charge in [0.15, 0.2) is 0 Å². The van der Waals surface area contributed by atoms with Gasteiger partial charge in [-0.05, 0) is 18.1 Å². The van der Waals surface area contributed by atoms with Crippen molar-refractivity contribution < 1.29 is 9.53 Å². The molecule has 0 fully saturated rings. The summed E-state index contributed by atoms with van der Waals surface area (Å²) >= 11 is 0. The summed E-state index contributed by atoms with van der Waals surface area (Å²) in [6.07, 6.45) is 0. The number of amides is 1.